The molecular weight excluding hydrogens is 252 g/mol. The first-order chi connectivity index (χ1) is 9.63. The van der Waals surface area contributed by atoms with Crippen molar-refractivity contribution in [3.05, 3.63) is 24.3 Å². The van der Waals surface area contributed by atoms with Gasteiger partial charge in [-0.1, -0.05) is 13.0 Å². The van der Waals surface area contributed by atoms with E-state index in [2.05, 4.69) is 12.2 Å². The highest BCUT2D eigenvalue weighted by molar-refractivity contribution is 5.76. The van der Waals surface area contributed by atoms with Gasteiger partial charge in [-0.15, -0.1) is 0 Å². The smallest absolute Gasteiger partial charge is 0.223 e. The van der Waals surface area contributed by atoms with Crippen LogP contribution in [0, 0.1) is 5.92 Å². The number of ether oxygens (including phenoxy) is 1. The molecule has 110 valence electrons. The third kappa shape index (κ3) is 4.76. The Kier molecular flexibility index (Phi) is 5.27. The van der Waals surface area contributed by atoms with Crippen LogP contribution in [0.2, 0.25) is 0 Å². The Bertz CT molecular complexity index is 440. The number of carbonyl (C=O) groups is 1. The van der Waals surface area contributed by atoms with Crippen LogP contribution in [0.4, 0.5) is 5.69 Å². The number of rotatable bonds is 5. The minimum atomic E-state index is 0.0773. The minimum absolute atomic E-state index is 0.0773. The summed E-state index contributed by atoms with van der Waals surface area (Å²) in [5, 5.41) is 3.09. The lowest BCUT2D eigenvalue weighted by Gasteiger charge is -2.26. The Balaban J connectivity index is 1.65. The average Bonchev–Trinajstić information content (AvgIpc) is 2.41. The SMILES string of the molecule is CC1CCC(NC(=O)CCOc2cccc(N)c2)CC1. The largest absolute Gasteiger partial charge is 0.493 e. The molecule has 0 aromatic heterocycles. The fourth-order valence-corrected chi connectivity index (χ4v) is 2.57. The standard InChI is InChI=1S/C16H24N2O2/c1-12-5-7-14(8-6-12)18-16(19)9-10-20-15-4-2-3-13(17)11-15/h2-4,11-12,14H,5-10,17H2,1H3,(H,18,19). The van der Waals surface area contributed by atoms with Crippen LogP contribution in [-0.2, 0) is 4.79 Å². The normalized spacial score (nSPS) is 22.2. The van der Waals surface area contributed by atoms with Crippen molar-refractivity contribution in [2.24, 2.45) is 5.92 Å². The quantitative estimate of drug-likeness (QED) is 0.813. The Hall–Kier alpha value is -1.71. The molecule has 0 atom stereocenters. The third-order valence-corrected chi connectivity index (χ3v) is 3.84. The zero-order valence-electron chi connectivity index (χ0n) is 12.1. The molecular formula is C16H24N2O2. The molecule has 1 aromatic carbocycles. The number of anilines is 1. The highest BCUT2D eigenvalue weighted by Gasteiger charge is 2.19. The molecule has 4 heteroatoms. The second-order valence-corrected chi connectivity index (χ2v) is 5.70. The summed E-state index contributed by atoms with van der Waals surface area (Å²) < 4.78 is 5.52. The van der Waals surface area contributed by atoms with Crippen LogP contribution in [-0.4, -0.2) is 18.6 Å². The Labute approximate surface area is 120 Å². The molecule has 0 heterocycles. The van der Waals surface area contributed by atoms with Crippen LogP contribution in [0.5, 0.6) is 5.75 Å². The van der Waals surface area contributed by atoms with Gasteiger partial charge in [0.25, 0.3) is 0 Å². The van der Waals surface area contributed by atoms with Gasteiger partial charge in [0.05, 0.1) is 13.0 Å². The first-order valence-electron chi connectivity index (χ1n) is 7.41. The Morgan fingerprint density at radius 3 is 2.80 bits per heavy atom. The molecule has 0 saturated heterocycles. The number of nitrogen functional groups attached to an aromatic ring is 1. The van der Waals surface area contributed by atoms with Gasteiger partial charge in [0.1, 0.15) is 5.75 Å². The fraction of sp³-hybridized carbons (Fsp3) is 0.562. The Morgan fingerprint density at radius 1 is 1.35 bits per heavy atom. The molecule has 1 amide bonds. The monoisotopic (exact) mass is 276 g/mol. The van der Waals surface area contributed by atoms with E-state index < -0.39 is 0 Å². The van der Waals surface area contributed by atoms with Gasteiger partial charge in [-0.05, 0) is 43.7 Å². The molecule has 0 aliphatic heterocycles. The summed E-state index contributed by atoms with van der Waals surface area (Å²) in [6.07, 6.45) is 5.02. The maximum Gasteiger partial charge on any atom is 0.223 e. The summed E-state index contributed by atoms with van der Waals surface area (Å²) >= 11 is 0. The Morgan fingerprint density at radius 2 is 2.10 bits per heavy atom. The van der Waals surface area contributed by atoms with Crippen LogP contribution in [0.1, 0.15) is 39.0 Å². The lowest BCUT2D eigenvalue weighted by molar-refractivity contribution is -0.122. The molecule has 0 unspecified atom stereocenters. The summed E-state index contributed by atoms with van der Waals surface area (Å²) in [5.74, 6) is 1.59. The van der Waals surface area contributed by atoms with Crippen LogP contribution in [0.15, 0.2) is 24.3 Å². The van der Waals surface area contributed by atoms with Crippen LogP contribution >= 0.6 is 0 Å². The molecule has 3 N–H and O–H groups in total. The minimum Gasteiger partial charge on any atom is -0.493 e. The molecule has 2 rings (SSSR count). The molecule has 0 spiro atoms. The molecule has 0 bridgehead atoms. The van der Waals surface area contributed by atoms with E-state index in [1.807, 2.05) is 18.2 Å². The zero-order chi connectivity index (χ0) is 14.4. The molecule has 1 fully saturated rings. The van der Waals surface area contributed by atoms with E-state index in [0.29, 0.717) is 30.5 Å². The summed E-state index contributed by atoms with van der Waals surface area (Å²) in [7, 11) is 0. The van der Waals surface area contributed by atoms with Crippen molar-refractivity contribution in [1.29, 1.82) is 0 Å². The van der Waals surface area contributed by atoms with Crippen molar-refractivity contribution in [1.82, 2.24) is 5.32 Å². The molecule has 1 saturated carbocycles. The topological polar surface area (TPSA) is 64.3 Å². The number of nitrogens with two attached hydrogens (primary N) is 1. The van der Waals surface area contributed by atoms with E-state index in [4.69, 9.17) is 10.5 Å². The average molecular weight is 276 g/mol. The van der Waals surface area contributed by atoms with Crippen molar-refractivity contribution < 1.29 is 9.53 Å². The predicted octanol–water partition coefficient (Wildman–Crippen LogP) is 2.73. The van der Waals surface area contributed by atoms with Gasteiger partial charge in [0.2, 0.25) is 5.91 Å². The van der Waals surface area contributed by atoms with Gasteiger partial charge in [-0.2, -0.15) is 0 Å². The van der Waals surface area contributed by atoms with Crippen LogP contribution in [0.3, 0.4) is 0 Å². The number of hydrogen-bond donors (Lipinski definition) is 2. The summed E-state index contributed by atoms with van der Waals surface area (Å²) in [6, 6.07) is 7.61. The van der Waals surface area contributed by atoms with Crippen molar-refractivity contribution in [2.75, 3.05) is 12.3 Å². The number of nitrogens with one attached hydrogen (secondary N) is 1. The van der Waals surface area contributed by atoms with Gasteiger partial charge in [-0.3, -0.25) is 4.79 Å². The predicted molar refractivity (Wildman–Crippen MR) is 80.5 cm³/mol. The van der Waals surface area contributed by atoms with Crippen molar-refractivity contribution >= 4 is 11.6 Å². The van der Waals surface area contributed by atoms with Gasteiger partial charge in [0.15, 0.2) is 0 Å². The van der Waals surface area contributed by atoms with E-state index in [-0.39, 0.29) is 5.91 Å². The van der Waals surface area contributed by atoms with E-state index >= 15 is 0 Å². The summed E-state index contributed by atoms with van der Waals surface area (Å²) in [5.41, 5.74) is 6.34. The highest BCUT2D eigenvalue weighted by atomic mass is 16.5. The fourth-order valence-electron chi connectivity index (χ4n) is 2.57. The summed E-state index contributed by atoms with van der Waals surface area (Å²) in [6.45, 7) is 2.66. The van der Waals surface area contributed by atoms with Gasteiger partial charge in [-0.25, -0.2) is 0 Å². The lowest BCUT2D eigenvalue weighted by atomic mass is 9.87. The van der Waals surface area contributed by atoms with Crippen LogP contribution < -0.4 is 15.8 Å². The van der Waals surface area contributed by atoms with Gasteiger partial charge >= 0.3 is 0 Å². The first-order valence-corrected chi connectivity index (χ1v) is 7.41. The maximum atomic E-state index is 11.8. The molecule has 1 aliphatic rings. The van der Waals surface area contributed by atoms with E-state index in [9.17, 15) is 4.79 Å². The molecule has 1 aliphatic carbocycles. The number of benzene rings is 1. The molecule has 0 radical (unpaired) electrons. The van der Waals surface area contributed by atoms with Crippen molar-refractivity contribution in [3.63, 3.8) is 0 Å². The molecule has 20 heavy (non-hydrogen) atoms. The summed E-state index contributed by atoms with van der Waals surface area (Å²) in [4.78, 5) is 11.8. The second-order valence-electron chi connectivity index (χ2n) is 5.70. The van der Waals surface area contributed by atoms with Crippen LogP contribution in [0.25, 0.3) is 0 Å². The maximum absolute atomic E-state index is 11.8. The molecule has 4 nitrogen and oxygen atoms in total. The zero-order valence-corrected chi connectivity index (χ0v) is 12.1. The number of amides is 1. The lowest BCUT2D eigenvalue weighted by Crippen LogP contribution is -2.37. The number of hydrogen-bond acceptors (Lipinski definition) is 3. The van der Waals surface area contributed by atoms with Gasteiger partial charge < -0.3 is 15.8 Å². The van der Waals surface area contributed by atoms with Gasteiger partial charge in [0, 0.05) is 17.8 Å². The second kappa shape index (κ2) is 7.17. The van der Waals surface area contributed by atoms with E-state index in [1.54, 1.807) is 6.07 Å². The van der Waals surface area contributed by atoms with E-state index in [0.717, 1.165) is 18.8 Å². The van der Waals surface area contributed by atoms with E-state index in [1.165, 1.54) is 12.8 Å². The van der Waals surface area contributed by atoms with Crippen molar-refractivity contribution in [3.8, 4) is 5.75 Å². The first kappa shape index (κ1) is 14.7. The third-order valence-electron chi connectivity index (χ3n) is 3.84. The molecule has 1 aromatic rings. The van der Waals surface area contributed by atoms with Crippen molar-refractivity contribution in [2.45, 2.75) is 45.1 Å². The highest BCUT2D eigenvalue weighted by Crippen LogP contribution is 2.23. The number of carbonyl (C=O) groups excluding carboxylic acids is 1.